The van der Waals surface area contributed by atoms with E-state index in [0.717, 1.165) is 22.0 Å². The lowest BCUT2D eigenvalue weighted by molar-refractivity contribution is 0.238. The molecule has 1 atom stereocenters. The Morgan fingerprint density at radius 3 is 2.64 bits per heavy atom. The van der Waals surface area contributed by atoms with Gasteiger partial charge in [-0.3, -0.25) is 0 Å². The number of halogens is 1. The summed E-state index contributed by atoms with van der Waals surface area (Å²) in [7, 11) is 1.64. The van der Waals surface area contributed by atoms with Crippen molar-refractivity contribution < 1.29 is 14.6 Å². The quantitative estimate of drug-likeness (QED) is 0.653. The maximum atomic E-state index is 9.30. The second-order valence-electron chi connectivity index (χ2n) is 6.04. The van der Waals surface area contributed by atoms with E-state index >= 15 is 0 Å². The largest absolute Gasteiger partial charge is 0.493 e. The Morgan fingerprint density at radius 2 is 2.00 bits per heavy atom. The van der Waals surface area contributed by atoms with Gasteiger partial charge in [-0.05, 0) is 36.6 Å². The summed E-state index contributed by atoms with van der Waals surface area (Å²) in [5, 5.41) is 12.6. The van der Waals surface area contributed by atoms with Crippen LogP contribution in [0.15, 0.2) is 40.9 Å². The maximum Gasteiger partial charge on any atom is 0.162 e. The summed E-state index contributed by atoms with van der Waals surface area (Å²) in [4.78, 5) is 0. The van der Waals surface area contributed by atoms with E-state index in [2.05, 4.69) is 40.3 Å². The molecule has 0 heterocycles. The van der Waals surface area contributed by atoms with E-state index in [1.165, 1.54) is 5.56 Å². The minimum absolute atomic E-state index is 0.0927. The van der Waals surface area contributed by atoms with Crippen LogP contribution >= 0.6 is 15.9 Å². The van der Waals surface area contributed by atoms with Crippen LogP contribution in [0.5, 0.6) is 11.5 Å². The van der Waals surface area contributed by atoms with Crippen molar-refractivity contribution in [3.05, 3.63) is 57.6 Å². The third kappa shape index (κ3) is 5.73. The van der Waals surface area contributed by atoms with Gasteiger partial charge in [0.2, 0.25) is 0 Å². The number of aryl methyl sites for hydroxylation is 1. The van der Waals surface area contributed by atoms with Crippen LogP contribution in [0.25, 0.3) is 0 Å². The number of methoxy groups -OCH3 is 1. The van der Waals surface area contributed by atoms with E-state index in [4.69, 9.17) is 9.47 Å². The fourth-order valence-corrected chi connectivity index (χ4v) is 3.00. The lowest BCUT2D eigenvalue weighted by Gasteiger charge is -2.17. The molecular weight excluding hydrogens is 382 g/mol. The van der Waals surface area contributed by atoms with Crippen molar-refractivity contribution in [1.29, 1.82) is 0 Å². The highest BCUT2D eigenvalue weighted by molar-refractivity contribution is 9.10. The van der Waals surface area contributed by atoms with Crippen LogP contribution < -0.4 is 14.8 Å². The monoisotopic (exact) mass is 407 g/mol. The first kappa shape index (κ1) is 19.8. The number of ether oxygens (including phenoxy) is 2. The van der Waals surface area contributed by atoms with E-state index in [0.29, 0.717) is 24.7 Å². The van der Waals surface area contributed by atoms with Crippen LogP contribution in [0.1, 0.15) is 30.0 Å². The number of rotatable bonds is 9. The molecule has 0 saturated heterocycles. The fourth-order valence-electron chi connectivity index (χ4n) is 2.54. The summed E-state index contributed by atoms with van der Waals surface area (Å²) in [6, 6.07) is 12.2. The predicted molar refractivity (Wildman–Crippen MR) is 104 cm³/mol. The summed E-state index contributed by atoms with van der Waals surface area (Å²) < 4.78 is 12.4. The molecule has 0 saturated carbocycles. The molecule has 4 nitrogen and oxygen atoms in total. The van der Waals surface area contributed by atoms with Crippen LogP contribution in [-0.2, 0) is 13.2 Å². The molecule has 0 fully saturated rings. The van der Waals surface area contributed by atoms with E-state index in [9.17, 15) is 5.11 Å². The second-order valence-corrected chi connectivity index (χ2v) is 6.90. The molecule has 0 amide bonds. The molecule has 2 N–H and O–H groups in total. The van der Waals surface area contributed by atoms with E-state index < -0.39 is 0 Å². The molecule has 136 valence electrons. The zero-order chi connectivity index (χ0) is 18.2. The SMILES string of the molecule is CCC(CO)NCc1cc(OC)c(OCc2cccc(C)c2)cc1Br. The number of benzene rings is 2. The molecule has 1 unspecified atom stereocenters. The summed E-state index contributed by atoms with van der Waals surface area (Å²) in [5.41, 5.74) is 3.40. The third-order valence-corrected chi connectivity index (χ3v) is 4.84. The highest BCUT2D eigenvalue weighted by Crippen LogP contribution is 2.34. The van der Waals surface area contributed by atoms with Gasteiger partial charge in [-0.1, -0.05) is 52.7 Å². The molecule has 2 aromatic carbocycles. The van der Waals surface area contributed by atoms with Crippen LogP contribution in [0.2, 0.25) is 0 Å². The number of hydrogen-bond acceptors (Lipinski definition) is 4. The average molecular weight is 408 g/mol. The van der Waals surface area contributed by atoms with Crippen molar-refractivity contribution >= 4 is 15.9 Å². The van der Waals surface area contributed by atoms with Gasteiger partial charge in [-0.25, -0.2) is 0 Å². The summed E-state index contributed by atoms with van der Waals surface area (Å²) in [6.45, 7) is 5.38. The summed E-state index contributed by atoms with van der Waals surface area (Å²) in [6.07, 6.45) is 0.878. The molecule has 2 aromatic rings. The lowest BCUT2D eigenvalue weighted by atomic mass is 10.1. The Balaban J connectivity index is 2.10. The average Bonchev–Trinajstić information content (AvgIpc) is 2.62. The molecule has 0 aromatic heterocycles. The first-order valence-electron chi connectivity index (χ1n) is 8.46. The van der Waals surface area contributed by atoms with Crippen molar-refractivity contribution in [3.8, 4) is 11.5 Å². The first-order chi connectivity index (χ1) is 12.1. The van der Waals surface area contributed by atoms with Gasteiger partial charge in [-0.15, -0.1) is 0 Å². The third-order valence-electron chi connectivity index (χ3n) is 4.10. The van der Waals surface area contributed by atoms with Crippen molar-refractivity contribution in [1.82, 2.24) is 5.32 Å². The van der Waals surface area contributed by atoms with Crippen molar-refractivity contribution in [2.24, 2.45) is 0 Å². The van der Waals surface area contributed by atoms with E-state index in [-0.39, 0.29) is 12.6 Å². The van der Waals surface area contributed by atoms with Crippen LogP contribution in [-0.4, -0.2) is 24.9 Å². The molecular formula is C20H26BrNO3. The zero-order valence-electron chi connectivity index (χ0n) is 15.0. The summed E-state index contributed by atoms with van der Waals surface area (Å²) in [5.74, 6) is 1.40. The van der Waals surface area contributed by atoms with Gasteiger partial charge in [0, 0.05) is 17.1 Å². The van der Waals surface area contributed by atoms with Crippen LogP contribution in [0.3, 0.4) is 0 Å². The van der Waals surface area contributed by atoms with Crippen molar-refractivity contribution in [3.63, 3.8) is 0 Å². The normalized spacial score (nSPS) is 12.0. The number of hydrogen-bond donors (Lipinski definition) is 2. The maximum absolute atomic E-state index is 9.30. The molecule has 0 spiro atoms. The lowest BCUT2D eigenvalue weighted by Crippen LogP contribution is -2.31. The first-order valence-corrected chi connectivity index (χ1v) is 9.25. The smallest absolute Gasteiger partial charge is 0.162 e. The standard InChI is InChI=1S/C20H26BrNO3/c1-4-17(12-23)22-11-16-9-19(24-3)20(10-18(16)21)25-13-15-7-5-6-14(2)8-15/h5-10,17,22-23H,4,11-13H2,1-3H3. The second kappa shape index (κ2) is 9.80. The van der Waals surface area contributed by atoms with Crippen LogP contribution in [0.4, 0.5) is 0 Å². The van der Waals surface area contributed by atoms with E-state index in [1.807, 2.05) is 31.2 Å². The Kier molecular flexibility index (Phi) is 7.75. The van der Waals surface area contributed by atoms with Crippen molar-refractivity contribution in [2.75, 3.05) is 13.7 Å². The van der Waals surface area contributed by atoms with Gasteiger partial charge in [0.1, 0.15) is 6.61 Å². The molecule has 0 aliphatic carbocycles. The topological polar surface area (TPSA) is 50.7 Å². The molecule has 0 bridgehead atoms. The zero-order valence-corrected chi connectivity index (χ0v) is 16.6. The Morgan fingerprint density at radius 1 is 1.20 bits per heavy atom. The van der Waals surface area contributed by atoms with Gasteiger partial charge in [0.05, 0.1) is 13.7 Å². The van der Waals surface area contributed by atoms with Gasteiger partial charge in [-0.2, -0.15) is 0 Å². The number of nitrogens with one attached hydrogen (secondary N) is 1. The van der Waals surface area contributed by atoms with E-state index in [1.54, 1.807) is 7.11 Å². The van der Waals surface area contributed by atoms with Crippen LogP contribution in [0, 0.1) is 6.92 Å². The van der Waals surface area contributed by atoms with Gasteiger partial charge in [0.15, 0.2) is 11.5 Å². The molecule has 2 rings (SSSR count). The predicted octanol–water partition coefficient (Wildman–Crippen LogP) is 4.21. The Bertz CT molecular complexity index is 687. The number of aliphatic hydroxyl groups is 1. The minimum atomic E-state index is 0.0927. The van der Waals surface area contributed by atoms with Crippen molar-refractivity contribution in [2.45, 2.75) is 39.5 Å². The van der Waals surface area contributed by atoms with Gasteiger partial charge in [0.25, 0.3) is 0 Å². The molecule has 25 heavy (non-hydrogen) atoms. The minimum Gasteiger partial charge on any atom is -0.493 e. The van der Waals surface area contributed by atoms with Gasteiger partial charge < -0.3 is 19.9 Å². The summed E-state index contributed by atoms with van der Waals surface area (Å²) >= 11 is 3.60. The van der Waals surface area contributed by atoms with Gasteiger partial charge >= 0.3 is 0 Å². The highest BCUT2D eigenvalue weighted by atomic mass is 79.9. The number of aliphatic hydroxyl groups excluding tert-OH is 1. The molecule has 0 radical (unpaired) electrons. The fraction of sp³-hybridized carbons (Fsp3) is 0.400. The molecule has 0 aliphatic rings. The highest BCUT2D eigenvalue weighted by Gasteiger charge is 2.12. The molecule has 5 heteroatoms. The molecule has 0 aliphatic heterocycles. The Hall–Kier alpha value is -1.56. The Labute approximate surface area is 158 Å².